The van der Waals surface area contributed by atoms with Gasteiger partial charge in [-0.15, -0.1) is 0 Å². The van der Waals surface area contributed by atoms with E-state index in [4.69, 9.17) is 14.2 Å². The molecule has 10 heteroatoms. The summed E-state index contributed by atoms with van der Waals surface area (Å²) in [5.41, 5.74) is -1.55. The fraction of sp³-hybridized carbons (Fsp3) is 0.943. The van der Waals surface area contributed by atoms with E-state index in [0.29, 0.717) is 24.7 Å². The van der Waals surface area contributed by atoms with Crippen molar-refractivity contribution in [3.05, 3.63) is 11.6 Å². The van der Waals surface area contributed by atoms with Gasteiger partial charge in [0, 0.05) is 26.1 Å². The molecule has 16 unspecified atom stereocenters. The minimum absolute atomic E-state index is 0.0701. The Morgan fingerprint density at radius 1 is 0.956 bits per heavy atom. The van der Waals surface area contributed by atoms with Crippen LogP contribution in [-0.2, 0) is 14.2 Å². The number of hydrogen-bond donors (Lipinski definition) is 7. The van der Waals surface area contributed by atoms with Crippen molar-refractivity contribution in [1.82, 2.24) is 0 Å². The Hall–Kier alpha value is -0.660. The second kappa shape index (κ2) is 13.3. The highest BCUT2D eigenvalue weighted by molar-refractivity contribution is 5.33. The first-order valence-electron chi connectivity index (χ1n) is 17.4. The van der Waals surface area contributed by atoms with E-state index in [2.05, 4.69) is 34.6 Å². The van der Waals surface area contributed by atoms with E-state index in [1.165, 1.54) is 7.11 Å². The third-order valence-electron chi connectivity index (χ3n) is 13.3. The summed E-state index contributed by atoms with van der Waals surface area (Å²) in [6.45, 7) is 10.8. The Bertz CT molecular complexity index is 1050. The van der Waals surface area contributed by atoms with Gasteiger partial charge in [0.25, 0.3) is 0 Å². The zero-order chi connectivity index (χ0) is 33.1. The van der Waals surface area contributed by atoms with Crippen molar-refractivity contribution in [3.63, 3.8) is 0 Å². The van der Waals surface area contributed by atoms with Crippen molar-refractivity contribution in [2.75, 3.05) is 20.3 Å². The van der Waals surface area contributed by atoms with Crippen LogP contribution >= 0.6 is 0 Å². The summed E-state index contributed by atoms with van der Waals surface area (Å²) in [6, 6.07) is 0. The minimum Gasteiger partial charge on any atom is -0.396 e. The smallest absolute Gasteiger partial charge is 0.187 e. The molecule has 5 rings (SSSR count). The summed E-state index contributed by atoms with van der Waals surface area (Å²) in [5, 5.41) is 77.6. The maximum Gasteiger partial charge on any atom is 0.187 e. The van der Waals surface area contributed by atoms with E-state index in [-0.39, 0.29) is 37.4 Å². The summed E-state index contributed by atoms with van der Waals surface area (Å²) >= 11 is 0. The lowest BCUT2D eigenvalue weighted by Crippen LogP contribution is -2.66. The molecule has 10 nitrogen and oxygen atoms in total. The highest BCUT2D eigenvalue weighted by Gasteiger charge is 2.72. The first-order chi connectivity index (χ1) is 21.1. The molecule has 0 radical (unpaired) electrons. The molecule has 0 aromatic rings. The minimum atomic E-state index is -1.35. The normalized spacial score (nSPS) is 49.6. The van der Waals surface area contributed by atoms with Gasteiger partial charge in [-0.3, -0.25) is 0 Å². The maximum atomic E-state index is 12.7. The number of methoxy groups -OCH3 is 1. The molecule has 1 aliphatic heterocycles. The fourth-order valence-corrected chi connectivity index (χ4v) is 11.0. The highest BCUT2D eigenvalue weighted by Crippen LogP contribution is 2.69. The molecule has 1 saturated heterocycles. The largest absolute Gasteiger partial charge is 0.396 e. The Morgan fingerprint density at radius 3 is 2.31 bits per heavy atom. The Morgan fingerprint density at radius 2 is 1.67 bits per heavy atom. The number of aliphatic hydroxyl groups excluding tert-OH is 6. The van der Waals surface area contributed by atoms with Gasteiger partial charge in [-0.25, -0.2) is 0 Å². The summed E-state index contributed by atoms with van der Waals surface area (Å²) in [5.74, 6) is -0.00485. The summed E-state index contributed by atoms with van der Waals surface area (Å²) < 4.78 is 17.3. The molecule has 45 heavy (non-hydrogen) atoms. The number of aliphatic hydroxyl groups is 7. The fourth-order valence-electron chi connectivity index (χ4n) is 11.0. The Balaban J connectivity index is 1.36. The SMILES string of the molecule is COC1C(OC2C=C3C(O)CC4(O)C(CCC5(C)C(C(C)CCC(CCO)C(C)C)C(O)C(O)C54)C3(C)CC2)OCC(O)C1O. The topological polar surface area (TPSA) is 169 Å². The van der Waals surface area contributed by atoms with Gasteiger partial charge in [0.2, 0.25) is 0 Å². The maximum absolute atomic E-state index is 12.7. The summed E-state index contributed by atoms with van der Waals surface area (Å²) in [4.78, 5) is 0. The van der Waals surface area contributed by atoms with E-state index in [1.54, 1.807) is 0 Å². The Labute approximate surface area is 268 Å². The van der Waals surface area contributed by atoms with Gasteiger partial charge in [-0.1, -0.05) is 47.1 Å². The van der Waals surface area contributed by atoms with Crippen LogP contribution < -0.4 is 0 Å². The average Bonchev–Trinajstić information content (AvgIpc) is 3.18. The van der Waals surface area contributed by atoms with Crippen LogP contribution in [0.4, 0.5) is 0 Å². The monoisotopic (exact) mass is 640 g/mol. The summed E-state index contributed by atoms with van der Waals surface area (Å²) in [6.07, 6.45) is -0.00787. The summed E-state index contributed by atoms with van der Waals surface area (Å²) in [7, 11) is 1.43. The van der Waals surface area contributed by atoms with Crippen molar-refractivity contribution in [2.24, 2.45) is 46.3 Å². The predicted molar refractivity (Wildman–Crippen MR) is 167 cm³/mol. The third-order valence-corrected chi connectivity index (χ3v) is 13.3. The highest BCUT2D eigenvalue weighted by atomic mass is 16.7. The van der Waals surface area contributed by atoms with E-state index in [1.807, 2.05) is 6.08 Å². The number of ether oxygens (including phenoxy) is 3. The van der Waals surface area contributed by atoms with Gasteiger partial charge < -0.3 is 50.0 Å². The molecule has 4 fully saturated rings. The van der Waals surface area contributed by atoms with Gasteiger partial charge in [0.15, 0.2) is 6.29 Å². The molecule has 0 spiro atoms. The van der Waals surface area contributed by atoms with Crippen molar-refractivity contribution in [3.8, 4) is 0 Å². The van der Waals surface area contributed by atoms with Crippen molar-refractivity contribution < 1.29 is 50.0 Å². The zero-order valence-electron chi connectivity index (χ0n) is 28.1. The molecule has 260 valence electrons. The molecule has 4 aliphatic carbocycles. The molecule has 16 atom stereocenters. The van der Waals surface area contributed by atoms with Crippen LogP contribution in [0.1, 0.15) is 86.0 Å². The van der Waals surface area contributed by atoms with Crippen LogP contribution in [0.15, 0.2) is 11.6 Å². The van der Waals surface area contributed by atoms with Crippen LogP contribution in [0.2, 0.25) is 0 Å². The van der Waals surface area contributed by atoms with Crippen molar-refractivity contribution in [2.45, 2.75) is 141 Å². The molecule has 7 N–H and O–H groups in total. The number of rotatable bonds is 10. The van der Waals surface area contributed by atoms with Gasteiger partial charge >= 0.3 is 0 Å². The first kappa shape index (κ1) is 35.6. The molecular formula is C35H60O10. The second-order valence-corrected chi connectivity index (χ2v) is 16.1. The zero-order valence-corrected chi connectivity index (χ0v) is 28.1. The number of hydrogen-bond acceptors (Lipinski definition) is 10. The third kappa shape index (κ3) is 5.97. The quantitative estimate of drug-likeness (QED) is 0.176. The predicted octanol–water partition coefficient (Wildman–Crippen LogP) is 2.14. The standard InChI is InChI=1S/C35H60O10/c1-18(2)20(11-14-36)8-7-19(3)26-28(40)29(41)31-34(26,5)13-10-25-33(4)12-9-21(15-22(33)23(37)16-35(25,31)42)45-32-30(43-6)27(39)24(38)17-44-32/h15,18-21,23-32,36-42H,7-14,16-17H2,1-6H3. The average molecular weight is 641 g/mol. The van der Waals surface area contributed by atoms with Crippen LogP contribution in [0.5, 0.6) is 0 Å². The van der Waals surface area contributed by atoms with Crippen molar-refractivity contribution >= 4 is 0 Å². The molecule has 1 heterocycles. The first-order valence-corrected chi connectivity index (χ1v) is 17.4. The van der Waals surface area contributed by atoms with Gasteiger partial charge in [0.05, 0.1) is 36.6 Å². The molecule has 0 bridgehead atoms. The molecule has 0 aromatic carbocycles. The lowest BCUT2D eigenvalue weighted by molar-refractivity contribution is -0.285. The molecule has 0 aromatic heterocycles. The lowest BCUT2D eigenvalue weighted by Gasteiger charge is -2.64. The van der Waals surface area contributed by atoms with E-state index >= 15 is 0 Å². The van der Waals surface area contributed by atoms with Crippen LogP contribution in [-0.4, -0.2) is 111 Å². The molecule has 3 saturated carbocycles. The second-order valence-electron chi connectivity index (χ2n) is 16.1. The van der Waals surface area contributed by atoms with Gasteiger partial charge in [-0.2, -0.15) is 0 Å². The van der Waals surface area contributed by atoms with E-state index in [9.17, 15) is 35.7 Å². The van der Waals surface area contributed by atoms with Crippen molar-refractivity contribution in [1.29, 1.82) is 0 Å². The van der Waals surface area contributed by atoms with Gasteiger partial charge in [-0.05, 0) is 84.5 Å². The van der Waals surface area contributed by atoms with Gasteiger partial charge in [0.1, 0.15) is 18.3 Å². The molecule has 0 amide bonds. The lowest BCUT2D eigenvalue weighted by atomic mass is 9.43. The van der Waals surface area contributed by atoms with Crippen LogP contribution in [0, 0.1) is 46.3 Å². The molecular weight excluding hydrogens is 580 g/mol. The van der Waals surface area contributed by atoms with E-state index in [0.717, 1.165) is 37.7 Å². The Kier molecular flexibility index (Phi) is 10.6. The van der Waals surface area contributed by atoms with Crippen LogP contribution in [0.3, 0.4) is 0 Å². The van der Waals surface area contributed by atoms with E-state index < -0.39 is 71.4 Å². The van der Waals surface area contributed by atoms with Crippen LogP contribution in [0.25, 0.3) is 0 Å². The molecule has 5 aliphatic rings. The number of fused-ring (bicyclic) bond motifs is 5.